The van der Waals surface area contributed by atoms with Gasteiger partial charge in [-0.25, -0.2) is 0 Å². The van der Waals surface area contributed by atoms with Crippen LogP contribution in [0, 0.1) is 6.92 Å². The monoisotopic (exact) mass is 315 g/mol. The molecule has 0 saturated carbocycles. The van der Waals surface area contributed by atoms with Crippen molar-refractivity contribution in [2.24, 2.45) is 0 Å². The highest BCUT2D eigenvalue weighted by Crippen LogP contribution is 2.17. The molecular formula is C20H17N3O. The van der Waals surface area contributed by atoms with Crippen LogP contribution in [-0.2, 0) is 0 Å². The molecule has 4 aromatic rings. The van der Waals surface area contributed by atoms with Gasteiger partial charge in [-0.05, 0) is 30.7 Å². The Morgan fingerprint density at radius 1 is 0.917 bits per heavy atom. The van der Waals surface area contributed by atoms with Gasteiger partial charge in [0.15, 0.2) is 0 Å². The molecule has 2 aromatic carbocycles. The molecule has 0 bridgehead atoms. The molecule has 0 aliphatic carbocycles. The Kier molecular flexibility index (Phi) is 3.43. The minimum atomic E-state index is -0.126. The molecule has 0 amide bonds. The zero-order valence-electron chi connectivity index (χ0n) is 13.3. The Labute approximate surface area is 138 Å². The quantitative estimate of drug-likeness (QED) is 0.521. The molecule has 0 spiro atoms. The van der Waals surface area contributed by atoms with Crippen molar-refractivity contribution in [3.8, 4) is 0 Å². The molecule has 4 nitrogen and oxygen atoms in total. The highest BCUT2D eigenvalue weighted by atomic mass is 16.1. The van der Waals surface area contributed by atoms with Gasteiger partial charge in [0.05, 0.1) is 10.6 Å². The second kappa shape index (κ2) is 5.74. The second-order valence-electron chi connectivity index (χ2n) is 5.90. The number of benzene rings is 2. The van der Waals surface area contributed by atoms with Crippen LogP contribution in [0.3, 0.4) is 0 Å². The predicted octanol–water partition coefficient (Wildman–Crippen LogP) is 2.15. The van der Waals surface area contributed by atoms with E-state index in [1.54, 1.807) is 0 Å². The summed E-state index contributed by atoms with van der Waals surface area (Å²) < 4.78 is 0. The topological polar surface area (TPSA) is 64.4 Å². The minimum absolute atomic E-state index is 0.126. The fraction of sp³-hybridized carbons (Fsp3) is 0.0500. The molecule has 24 heavy (non-hydrogen) atoms. The van der Waals surface area contributed by atoms with Crippen LogP contribution in [0.15, 0.2) is 59.5 Å². The number of aromatic nitrogens is 3. The Morgan fingerprint density at radius 3 is 2.54 bits per heavy atom. The molecule has 0 saturated heterocycles. The molecule has 0 fully saturated rings. The SMILES string of the molecule is Cc1ccc(C=c2[nH][nH]c(=O)c2=Cc2c[nH]c3ccccc23)cc1. The molecule has 3 N–H and O–H groups in total. The molecule has 0 atom stereocenters. The van der Waals surface area contributed by atoms with E-state index in [4.69, 9.17) is 0 Å². The van der Waals surface area contributed by atoms with Crippen LogP contribution in [0.25, 0.3) is 23.1 Å². The predicted molar refractivity (Wildman–Crippen MR) is 97.3 cm³/mol. The van der Waals surface area contributed by atoms with Crippen molar-refractivity contribution >= 4 is 23.1 Å². The number of nitrogens with one attached hydrogen (secondary N) is 3. The normalized spacial score (nSPS) is 13.0. The molecule has 2 heterocycles. The lowest BCUT2D eigenvalue weighted by Gasteiger charge is -1.93. The van der Waals surface area contributed by atoms with E-state index in [1.165, 1.54) is 5.56 Å². The van der Waals surface area contributed by atoms with Crippen LogP contribution in [-0.4, -0.2) is 15.2 Å². The van der Waals surface area contributed by atoms with Crippen LogP contribution in [0.2, 0.25) is 0 Å². The van der Waals surface area contributed by atoms with Gasteiger partial charge < -0.3 is 4.98 Å². The summed E-state index contributed by atoms with van der Waals surface area (Å²) in [5.74, 6) is 0. The van der Waals surface area contributed by atoms with Crippen molar-refractivity contribution < 1.29 is 0 Å². The van der Waals surface area contributed by atoms with Crippen LogP contribution < -0.4 is 16.1 Å². The van der Waals surface area contributed by atoms with Gasteiger partial charge in [-0.15, -0.1) is 0 Å². The number of hydrogen-bond acceptors (Lipinski definition) is 1. The van der Waals surface area contributed by atoms with Crippen molar-refractivity contribution in [1.82, 2.24) is 15.2 Å². The summed E-state index contributed by atoms with van der Waals surface area (Å²) in [6.45, 7) is 2.05. The van der Waals surface area contributed by atoms with Crippen molar-refractivity contribution in [1.29, 1.82) is 0 Å². The van der Waals surface area contributed by atoms with Gasteiger partial charge in [-0.3, -0.25) is 15.0 Å². The number of hydrogen-bond donors (Lipinski definition) is 3. The number of aromatic amines is 3. The van der Waals surface area contributed by atoms with E-state index in [0.717, 1.165) is 27.4 Å². The van der Waals surface area contributed by atoms with E-state index in [1.807, 2.05) is 54.7 Å². The third-order valence-corrected chi connectivity index (χ3v) is 4.15. The lowest BCUT2D eigenvalue weighted by atomic mass is 10.1. The largest absolute Gasteiger partial charge is 0.361 e. The molecule has 0 aliphatic rings. The third-order valence-electron chi connectivity index (χ3n) is 4.15. The van der Waals surface area contributed by atoms with Gasteiger partial charge in [0.25, 0.3) is 5.56 Å². The van der Waals surface area contributed by atoms with Crippen molar-refractivity contribution in [2.75, 3.05) is 0 Å². The number of fused-ring (bicyclic) bond motifs is 1. The number of rotatable bonds is 2. The van der Waals surface area contributed by atoms with Crippen LogP contribution in [0.5, 0.6) is 0 Å². The van der Waals surface area contributed by atoms with Gasteiger partial charge in [0.1, 0.15) is 0 Å². The molecule has 4 rings (SSSR count). The summed E-state index contributed by atoms with van der Waals surface area (Å²) in [5, 5.41) is 8.13. The fourth-order valence-corrected chi connectivity index (χ4v) is 2.84. The molecule has 0 aliphatic heterocycles. The number of H-pyrrole nitrogens is 3. The van der Waals surface area contributed by atoms with E-state index in [-0.39, 0.29) is 5.56 Å². The highest BCUT2D eigenvalue weighted by Gasteiger charge is 2.02. The summed E-state index contributed by atoms with van der Waals surface area (Å²) in [5.41, 5.74) is 4.18. The van der Waals surface area contributed by atoms with E-state index >= 15 is 0 Å². The van der Waals surface area contributed by atoms with Gasteiger partial charge in [0, 0.05) is 22.7 Å². The summed E-state index contributed by atoms with van der Waals surface area (Å²) in [4.78, 5) is 15.4. The first-order chi connectivity index (χ1) is 11.7. The maximum atomic E-state index is 12.2. The van der Waals surface area contributed by atoms with Crippen molar-refractivity contribution in [2.45, 2.75) is 6.92 Å². The number of para-hydroxylation sites is 1. The van der Waals surface area contributed by atoms with E-state index in [0.29, 0.717) is 5.22 Å². The van der Waals surface area contributed by atoms with E-state index in [9.17, 15) is 4.79 Å². The maximum absolute atomic E-state index is 12.2. The third kappa shape index (κ3) is 2.58. The van der Waals surface area contributed by atoms with Crippen LogP contribution >= 0.6 is 0 Å². The summed E-state index contributed by atoms with van der Waals surface area (Å²) in [6, 6.07) is 16.2. The Bertz CT molecular complexity index is 1170. The average Bonchev–Trinajstić information content (AvgIpc) is 3.16. The standard InChI is InChI=1S/C20H17N3O/c1-13-6-8-14(9-7-13)10-19-17(20(24)23-22-19)11-15-12-21-18-5-3-2-4-16(15)18/h2-12,21-22H,1H3,(H,23,24). The fourth-order valence-electron chi connectivity index (χ4n) is 2.84. The van der Waals surface area contributed by atoms with Gasteiger partial charge in [-0.2, -0.15) is 0 Å². The lowest BCUT2D eigenvalue weighted by molar-refractivity contribution is 1.03. The van der Waals surface area contributed by atoms with Crippen LogP contribution in [0.4, 0.5) is 0 Å². The minimum Gasteiger partial charge on any atom is -0.361 e. The molecule has 0 radical (unpaired) electrons. The number of aryl methyl sites for hydroxylation is 1. The maximum Gasteiger partial charge on any atom is 0.271 e. The van der Waals surface area contributed by atoms with Gasteiger partial charge in [0.2, 0.25) is 0 Å². The van der Waals surface area contributed by atoms with Crippen LogP contribution in [0.1, 0.15) is 16.7 Å². The van der Waals surface area contributed by atoms with Crippen molar-refractivity contribution in [3.05, 3.63) is 92.3 Å². The Morgan fingerprint density at radius 2 is 1.71 bits per heavy atom. The summed E-state index contributed by atoms with van der Waals surface area (Å²) >= 11 is 0. The van der Waals surface area contributed by atoms with E-state index < -0.39 is 0 Å². The first-order valence-electron chi connectivity index (χ1n) is 7.83. The Hall–Kier alpha value is -3.27. The first-order valence-corrected chi connectivity index (χ1v) is 7.83. The second-order valence-corrected chi connectivity index (χ2v) is 5.90. The molecule has 0 unspecified atom stereocenters. The lowest BCUT2D eigenvalue weighted by Crippen LogP contribution is -2.33. The average molecular weight is 315 g/mol. The zero-order chi connectivity index (χ0) is 16.5. The van der Waals surface area contributed by atoms with Gasteiger partial charge in [-0.1, -0.05) is 48.0 Å². The van der Waals surface area contributed by atoms with Crippen molar-refractivity contribution in [3.63, 3.8) is 0 Å². The molecule has 118 valence electrons. The summed E-state index contributed by atoms with van der Waals surface area (Å²) in [7, 11) is 0. The molecular weight excluding hydrogens is 298 g/mol. The smallest absolute Gasteiger partial charge is 0.271 e. The van der Waals surface area contributed by atoms with Gasteiger partial charge >= 0.3 is 0 Å². The van der Waals surface area contributed by atoms with E-state index in [2.05, 4.69) is 34.2 Å². The molecule has 4 heteroatoms. The zero-order valence-corrected chi connectivity index (χ0v) is 13.3. The summed E-state index contributed by atoms with van der Waals surface area (Å²) in [6.07, 6.45) is 5.80. The Balaban J connectivity index is 1.92. The first kappa shape index (κ1) is 14.3. The molecule has 2 aromatic heterocycles. The highest BCUT2D eigenvalue weighted by molar-refractivity contribution is 5.88.